The molecule has 37 heavy (non-hydrogen) atoms. The Morgan fingerprint density at radius 3 is 2.27 bits per heavy atom. The van der Waals surface area contributed by atoms with E-state index in [9.17, 15) is 22.4 Å². The van der Waals surface area contributed by atoms with Crippen molar-refractivity contribution in [3.05, 3.63) is 81.0 Å². The summed E-state index contributed by atoms with van der Waals surface area (Å²) in [6, 6.07) is 9.00. The first kappa shape index (κ1) is 27.0. The third-order valence-corrected chi connectivity index (χ3v) is 6.88. The van der Waals surface area contributed by atoms with Crippen LogP contribution in [-0.4, -0.2) is 42.1 Å². The van der Waals surface area contributed by atoms with Crippen molar-refractivity contribution in [1.82, 2.24) is 10.2 Å². The van der Waals surface area contributed by atoms with Gasteiger partial charge < -0.3 is 14.2 Å². The van der Waals surface area contributed by atoms with Crippen LogP contribution in [0.3, 0.4) is 0 Å². The van der Waals surface area contributed by atoms with Crippen molar-refractivity contribution >= 4 is 58.2 Å². The molecule has 0 aliphatic carbocycles. The maximum absolute atomic E-state index is 14.2. The first-order chi connectivity index (χ1) is 17.6. The van der Waals surface area contributed by atoms with Gasteiger partial charge in [-0.25, -0.2) is 17.6 Å². The second-order valence-electron chi connectivity index (χ2n) is 8.19. The Hall–Kier alpha value is -3.08. The van der Waals surface area contributed by atoms with E-state index in [-0.39, 0.29) is 31.3 Å². The first-order valence-electron chi connectivity index (χ1n) is 11.0. The van der Waals surface area contributed by atoms with Gasteiger partial charge in [-0.05, 0) is 49.0 Å². The van der Waals surface area contributed by atoms with Gasteiger partial charge in [0.05, 0.1) is 0 Å². The fraction of sp³-hybridized carbons (Fsp3) is 0.200. The van der Waals surface area contributed by atoms with Crippen LogP contribution in [0.5, 0.6) is 0 Å². The van der Waals surface area contributed by atoms with Crippen molar-refractivity contribution in [2.45, 2.75) is 6.92 Å². The Labute approximate surface area is 225 Å². The number of carbonyl (C=O) groups excluding carboxylic acids is 1. The normalized spacial score (nSPS) is 13.9. The molecular formula is C25H19Cl2F4N3O2S. The molecule has 1 aliphatic heterocycles. The second-order valence-corrected chi connectivity index (χ2v) is 9.36. The van der Waals surface area contributed by atoms with Crippen molar-refractivity contribution in [2.75, 3.05) is 31.1 Å². The fourth-order valence-electron chi connectivity index (χ4n) is 3.73. The van der Waals surface area contributed by atoms with Gasteiger partial charge in [-0.2, -0.15) is 0 Å². The van der Waals surface area contributed by atoms with Gasteiger partial charge in [-0.3, -0.25) is 10.1 Å². The van der Waals surface area contributed by atoms with Gasteiger partial charge in [-0.15, -0.1) is 0 Å². The van der Waals surface area contributed by atoms with Gasteiger partial charge in [0.2, 0.25) is 5.91 Å². The predicted octanol–water partition coefficient (Wildman–Crippen LogP) is 6.35. The Morgan fingerprint density at radius 1 is 1.00 bits per heavy atom. The Balaban J connectivity index is 1.33. The molecule has 5 nitrogen and oxygen atoms in total. The topological polar surface area (TPSA) is 48.7 Å². The number of nitrogens with one attached hydrogen (secondary N) is 1. The average molecular weight is 572 g/mol. The first-order valence-corrected chi connectivity index (χ1v) is 12.1. The van der Waals surface area contributed by atoms with E-state index in [2.05, 4.69) is 5.32 Å². The highest BCUT2D eigenvalue weighted by Crippen LogP contribution is 2.34. The largest absolute Gasteiger partial charge is 0.457 e. The number of piperazine rings is 1. The summed E-state index contributed by atoms with van der Waals surface area (Å²) in [5, 5.41) is 2.02. The number of hydrogen-bond donors (Lipinski definition) is 1. The zero-order valence-corrected chi connectivity index (χ0v) is 21.6. The lowest BCUT2D eigenvalue weighted by molar-refractivity contribution is -0.115. The van der Waals surface area contributed by atoms with Crippen LogP contribution in [0.15, 0.2) is 40.8 Å². The van der Waals surface area contributed by atoms with Crippen LogP contribution in [0.4, 0.5) is 23.2 Å². The van der Waals surface area contributed by atoms with Crippen LogP contribution in [0.2, 0.25) is 10.0 Å². The number of amides is 1. The highest BCUT2D eigenvalue weighted by Gasteiger charge is 2.30. The minimum absolute atomic E-state index is 0.00159. The highest BCUT2D eigenvalue weighted by atomic mass is 35.5. The quantitative estimate of drug-likeness (QED) is 0.130. The molecule has 1 amide bonds. The molecule has 0 radical (unpaired) electrons. The Morgan fingerprint density at radius 2 is 1.65 bits per heavy atom. The molecule has 1 aliphatic rings. The predicted molar refractivity (Wildman–Crippen MR) is 139 cm³/mol. The number of furan rings is 1. The lowest BCUT2D eigenvalue weighted by Crippen LogP contribution is -2.53. The zero-order valence-electron chi connectivity index (χ0n) is 19.3. The zero-order chi connectivity index (χ0) is 26.9. The fourth-order valence-corrected chi connectivity index (χ4v) is 4.36. The van der Waals surface area contributed by atoms with Crippen molar-refractivity contribution < 1.29 is 26.8 Å². The lowest BCUT2D eigenvalue weighted by Gasteiger charge is -2.37. The minimum atomic E-state index is -1.65. The lowest BCUT2D eigenvalue weighted by atomic mass is 10.1. The summed E-state index contributed by atoms with van der Waals surface area (Å²) < 4.78 is 61.9. The number of carbonyl (C=O) groups is 1. The van der Waals surface area contributed by atoms with E-state index in [0.717, 1.165) is 16.0 Å². The molecule has 0 saturated carbocycles. The summed E-state index contributed by atoms with van der Waals surface area (Å²) >= 11 is 16.7. The molecule has 0 spiro atoms. The smallest absolute Gasteiger partial charge is 0.250 e. The average Bonchev–Trinajstić information content (AvgIpc) is 3.36. The molecule has 1 N–H and O–H groups in total. The van der Waals surface area contributed by atoms with Crippen LogP contribution in [0, 0.1) is 30.2 Å². The Kier molecular flexibility index (Phi) is 8.11. The number of thiocarbonyl (C=S) groups is 1. The van der Waals surface area contributed by atoms with Crippen molar-refractivity contribution in [2.24, 2.45) is 0 Å². The summed E-state index contributed by atoms with van der Waals surface area (Å²) in [5.74, 6) is -5.92. The third-order valence-electron chi connectivity index (χ3n) is 5.78. The summed E-state index contributed by atoms with van der Waals surface area (Å²) in [7, 11) is 0. The van der Waals surface area contributed by atoms with E-state index in [4.69, 9.17) is 39.8 Å². The van der Waals surface area contributed by atoms with Crippen molar-refractivity contribution in [3.63, 3.8) is 0 Å². The SMILES string of the molecule is Cc1ccc(-c2ccc(/C=C/C(=O)NC(=S)N3CCN(c4c(F)c(F)c(Cl)c(F)c4F)CC3)o2)cc1Cl. The van der Waals surface area contributed by atoms with E-state index in [0.29, 0.717) is 16.5 Å². The number of aryl methyl sites for hydroxylation is 1. The molecule has 1 aromatic heterocycles. The van der Waals surface area contributed by atoms with Gasteiger partial charge in [-0.1, -0.05) is 35.3 Å². The van der Waals surface area contributed by atoms with Gasteiger partial charge in [0, 0.05) is 42.8 Å². The van der Waals surface area contributed by atoms with E-state index >= 15 is 0 Å². The van der Waals surface area contributed by atoms with Crippen LogP contribution >= 0.6 is 35.4 Å². The molecule has 1 saturated heterocycles. The number of hydrogen-bond acceptors (Lipinski definition) is 4. The standard InChI is InChI=1S/C25H19Cl2F4N3O2S/c1-13-2-3-14(12-16(13)26)17-6-4-15(36-17)5-7-18(35)32-25(37)34-10-8-33(9-11-34)24-22(30)20(28)19(27)21(29)23(24)31/h2-7,12H,8-11H2,1H3,(H,32,35,37)/b7-5+. The molecule has 194 valence electrons. The molecule has 0 atom stereocenters. The third kappa shape index (κ3) is 5.76. The number of rotatable bonds is 4. The highest BCUT2D eigenvalue weighted by molar-refractivity contribution is 7.80. The van der Waals surface area contributed by atoms with Gasteiger partial charge in [0.25, 0.3) is 0 Å². The molecule has 4 rings (SSSR count). The molecule has 12 heteroatoms. The summed E-state index contributed by atoms with van der Waals surface area (Å²) in [5.41, 5.74) is 0.907. The van der Waals surface area contributed by atoms with Gasteiger partial charge >= 0.3 is 0 Å². The Bertz CT molecular complexity index is 1380. The van der Waals surface area contributed by atoms with Crippen LogP contribution < -0.4 is 10.2 Å². The van der Waals surface area contributed by atoms with Gasteiger partial charge in [0.1, 0.15) is 22.2 Å². The summed E-state index contributed by atoms with van der Waals surface area (Å²) in [6.45, 7) is 2.19. The maximum atomic E-state index is 14.2. The van der Waals surface area contributed by atoms with E-state index in [1.54, 1.807) is 23.1 Å². The van der Waals surface area contributed by atoms with E-state index in [1.807, 2.05) is 19.1 Å². The van der Waals surface area contributed by atoms with E-state index in [1.165, 1.54) is 12.2 Å². The minimum Gasteiger partial charge on any atom is -0.457 e. The molecule has 0 bridgehead atoms. The van der Waals surface area contributed by atoms with Crippen molar-refractivity contribution in [1.29, 1.82) is 0 Å². The molecule has 0 unspecified atom stereocenters. The maximum Gasteiger partial charge on any atom is 0.250 e. The van der Waals surface area contributed by atoms with Gasteiger partial charge in [0.15, 0.2) is 28.4 Å². The summed E-state index contributed by atoms with van der Waals surface area (Å²) in [4.78, 5) is 15.1. The number of benzene rings is 2. The van der Waals surface area contributed by atoms with Crippen LogP contribution in [0.1, 0.15) is 11.3 Å². The molecule has 2 heterocycles. The molecule has 2 aromatic carbocycles. The molecule has 1 fully saturated rings. The molecule has 3 aromatic rings. The summed E-state index contributed by atoms with van der Waals surface area (Å²) in [6.07, 6.45) is 2.72. The number of halogens is 6. The van der Waals surface area contributed by atoms with Crippen LogP contribution in [-0.2, 0) is 4.79 Å². The monoisotopic (exact) mass is 571 g/mol. The van der Waals surface area contributed by atoms with E-state index < -0.39 is 39.9 Å². The van der Waals surface area contributed by atoms with Crippen LogP contribution in [0.25, 0.3) is 17.4 Å². The number of anilines is 1. The molecular weight excluding hydrogens is 553 g/mol. The van der Waals surface area contributed by atoms with Crippen molar-refractivity contribution in [3.8, 4) is 11.3 Å². The second kappa shape index (κ2) is 11.1. The number of nitrogens with zero attached hydrogens (tertiary/aromatic N) is 2.